The first-order chi connectivity index (χ1) is 17.2. The molecule has 4 aliphatic rings. The Bertz CT molecular complexity index is 872. The molecule has 1 saturated heterocycles. The van der Waals surface area contributed by atoms with Crippen molar-refractivity contribution >= 4 is 5.97 Å². The lowest BCUT2D eigenvalue weighted by Crippen LogP contribution is -2.62. The van der Waals surface area contributed by atoms with E-state index in [2.05, 4.69) is 26.8 Å². The molecule has 3 fully saturated rings. The smallest absolute Gasteiger partial charge is 0.302 e. The van der Waals surface area contributed by atoms with E-state index in [1.807, 2.05) is 6.92 Å². The van der Waals surface area contributed by atoms with Gasteiger partial charge in [-0.3, -0.25) is 4.79 Å². The summed E-state index contributed by atoms with van der Waals surface area (Å²) < 4.78 is 17.1. The van der Waals surface area contributed by atoms with Crippen molar-refractivity contribution in [2.75, 3.05) is 13.2 Å². The van der Waals surface area contributed by atoms with E-state index in [1.165, 1.54) is 12.5 Å². The molecule has 9 heteroatoms. The van der Waals surface area contributed by atoms with Crippen LogP contribution in [0.1, 0.15) is 73.1 Å². The number of aliphatic hydroxyl groups excluding tert-OH is 5. The minimum absolute atomic E-state index is 0.00414. The summed E-state index contributed by atoms with van der Waals surface area (Å²) in [5, 5.41) is 51.2. The number of esters is 1. The van der Waals surface area contributed by atoms with Gasteiger partial charge in [0, 0.05) is 12.3 Å². The van der Waals surface area contributed by atoms with Crippen molar-refractivity contribution in [1.82, 2.24) is 0 Å². The molecule has 37 heavy (non-hydrogen) atoms. The third-order valence-electron chi connectivity index (χ3n) is 10.3. The van der Waals surface area contributed by atoms with E-state index in [1.54, 1.807) is 0 Å². The molecule has 9 nitrogen and oxygen atoms in total. The second-order valence-electron chi connectivity index (χ2n) is 12.9. The topological polar surface area (TPSA) is 146 Å². The van der Waals surface area contributed by atoms with Crippen LogP contribution in [0.3, 0.4) is 0 Å². The molecular formula is C28H46O9. The molecule has 1 aliphatic heterocycles. The van der Waals surface area contributed by atoms with Gasteiger partial charge in [-0.25, -0.2) is 0 Å². The van der Waals surface area contributed by atoms with Gasteiger partial charge in [0.1, 0.15) is 31.0 Å². The molecule has 0 bridgehead atoms. The van der Waals surface area contributed by atoms with Crippen molar-refractivity contribution in [3.05, 3.63) is 11.6 Å². The van der Waals surface area contributed by atoms with Crippen molar-refractivity contribution in [3.63, 3.8) is 0 Å². The number of fused-ring (bicyclic) bond motifs is 3. The average Bonchev–Trinajstić information content (AvgIpc) is 2.83. The average molecular weight is 527 g/mol. The van der Waals surface area contributed by atoms with Crippen LogP contribution in [0, 0.1) is 28.1 Å². The van der Waals surface area contributed by atoms with Crippen LogP contribution in [0.2, 0.25) is 0 Å². The van der Waals surface area contributed by atoms with Crippen molar-refractivity contribution < 1.29 is 44.5 Å². The first-order valence-electron chi connectivity index (χ1n) is 13.7. The highest BCUT2D eigenvalue weighted by Gasteiger charge is 2.59. The molecule has 212 valence electrons. The molecule has 0 aromatic heterocycles. The lowest BCUT2D eigenvalue weighted by Gasteiger charge is -2.62. The van der Waals surface area contributed by atoms with Crippen LogP contribution in [-0.2, 0) is 19.0 Å². The zero-order valence-corrected chi connectivity index (χ0v) is 22.8. The highest BCUT2D eigenvalue weighted by Crippen LogP contribution is 2.64. The summed E-state index contributed by atoms with van der Waals surface area (Å²) in [6.45, 7) is 9.70. The predicted octanol–water partition coefficient (Wildman–Crippen LogP) is 1.67. The predicted molar refractivity (Wildman–Crippen MR) is 134 cm³/mol. The van der Waals surface area contributed by atoms with Crippen molar-refractivity contribution in [3.8, 4) is 0 Å². The summed E-state index contributed by atoms with van der Waals surface area (Å²) in [5.74, 6) is 0.357. The van der Waals surface area contributed by atoms with E-state index in [-0.39, 0.29) is 29.5 Å². The Kier molecular flexibility index (Phi) is 8.20. The van der Waals surface area contributed by atoms with Crippen LogP contribution in [-0.4, -0.2) is 87.6 Å². The Hall–Kier alpha value is -1.07. The largest absolute Gasteiger partial charge is 0.463 e. The number of ether oxygens (including phenoxy) is 3. The first-order valence-corrected chi connectivity index (χ1v) is 13.7. The summed E-state index contributed by atoms with van der Waals surface area (Å²) in [5.41, 5.74) is 0.764. The molecule has 0 aromatic rings. The Morgan fingerprint density at radius 3 is 2.43 bits per heavy atom. The van der Waals surface area contributed by atoms with E-state index in [0.717, 1.165) is 38.5 Å². The highest BCUT2D eigenvalue weighted by atomic mass is 16.7. The molecule has 5 N–H and O–H groups in total. The van der Waals surface area contributed by atoms with E-state index < -0.39 is 48.8 Å². The molecule has 2 saturated carbocycles. The Labute approximate surface area is 219 Å². The number of allylic oxidation sites excluding steroid dienone is 1. The van der Waals surface area contributed by atoms with Crippen LogP contribution in [0.25, 0.3) is 0 Å². The molecular weight excluding hydrogens is 480 g/mol. The van der Waals surface area contributed by atoms with Gasteiger partial charge in [0.15, 0.2) is 6.29 Å². The van der Waals surface area contributed by atoms with Crippen LogP contribution in [0.4, 0.5) is 0 Å². The second kappa shape index (κ2) is 10.5. The van der Waals surface area contributed by atoms with Crippen LogP contribution >= 0.6 is 0 Å². The van der Waals surface area contributed by atoms with Crippen molar-refractivity contribution in [2.45, 2.75) is 116 Å². The van der Waals surface area contributed by atoms with Gasteiger partial charge in [-0.05, 0) is 61.2 Å². The van der Waals surface area contributed by atoms with E-state index in [0.29, 0.717) is 11.8 Å². The van der Waals surface area contributed by atoms with Crippen molar-refractivity contribution in [1.29, 1.82) is 0 Å². The Morgan fingerprint density at radius 1 is 1.08 bits per heavy atom. The van der Waals surface area contributed by atoms with Gasteiger partial charge in [0.25, 0.3) is 0 Å². The molecule has 0 radical (unpaired) electrons. The molecule has 0 spiro atoms. The number of rotatable bonds is 6. The molecule has 1 unspecified atom stereocenters. The monoisotopic (exact) mass is 526 g/mol. The van der Waals surface area contributed by atoms with Gasteiger partial charge < -0.3 is 39.7 Å². The molecule has 4 rings (SSSR count). The van der Waals surface area contributed by atoms with E-state index in [9.17, 15) is 30.3 Å². The highest BCUT2D eigenvalue weighted by molar-refractivity contribution is 5.65. The maximum Gasteiger partial charge on any atom is 0.302 e. The minimum atomic E-state index is -1.46. The maximum atomic E-state index is 11.2. The number of hydrogen-bond acceptors (Lipinski definition) is 9. The molecule has 0 amide bonds. The zero-order chi connectivity index (χ0) is 27.3. The summed E-state index contributed by atoms with van der Waals surface area (Å²) in [4.78, 5) is 11.2. The van der Waals surface area contributed by atoms with Gasteiger partial charge in [0.2, 0.25) is 0 Å². The minimum Gasteiger partial charge on any atom is -0.463 e. The normalized spacial score (nSPS) is 46.3. The van der Waals surface area contributed by atoms with Gasteiger partial charge in [0.05, 0.1) is 18.8 Å². The number of aliphatic hydroxyl groups is 5. The standard InChI is InChI=1S/C28H46O9/c1-15(30)35-14-20(31)27(4)10-8-17-16(12-27)6-7-19-26(2,3)21(9-11-28(17,19)5)37-25-24(34)23(33)22(32)18(13-29)36-25/h12,17-25,29,31-34H,6-11,13-14H2,1-5H3/t17-,18-,19-,20?,21-,22-,23+,24-,25+,27+,28+/m1/s1. The van der Waals surface area contributed by atoms with E-state index >= 15 is 0 Å². The summed E-state index contributed by atoms with van der Waals surface area (Å²) in [6.07, 6.45) is 0.254. The molecule has 1 heterocycles. The molecule has 11 atom stereocenters. The molecule has 3 aliphatic carbocycles. The van der Waals surface area contributed by atoms with Crippen molar-refractivity contribution in [2.24, 2.45) is 28.1 Å². The van der Waals surface area contributed by atoms with E-state index in [4.69, 9.17) is 14.2 Å². The fourth-order valence-corrected chi connectivity index (χ4v) is 7.96. The Balaban J connectivity index is 1.50. The fourth-order valence-electron chi connectivity index (χ4n) is 7.96. The van der Waals surface area contributed by atoms with Gasteiger partial charge >= 0.3 is 5.97 Å². The Morgan fingerprint density at radius 2 is 1.78 bits per heavy atom. The summed E-state index contributed by atoms with van der Waals surface area (Å²) >= 11 is 0. The summed E-state index contributed by atoms with van der Waals surface area (Å²) in [6, 6.07) is 0. The SMILES string of the molecule is CC(=O)OCC(O)[C@]1(C)C=C2CC[C@@H]3C(C)(C)[C@H](O[C@@H]4O[C@H](CO)[C@@H](O)[C@H](O)[C@H]4O)CC[C@@]3(C)[C@@H]2CC1. The maximum absolute atomic E-state index is 11.2. The lowest BCUT2D eigenvalue weighted by molar-refractivity contribution is -0.327. The quantitative estimate of drug-likeness (QED) is 0.198. The molecule has 0 aromatic carbocycles. The fraction of sp³-hybridized carbons (Fsp3) is 0.893. The number of carbonyl (C=O) groups excluding carboxylic acids is 1. The zero-order valence-electron chi connectivity index (χ0n) is 22.8. The van der Waals surface area contributed by atoms with Crippen LogP contribution in [0.15, 0.2) is 11.6 Å². The second-order valence-corrected chi connectivity index (χ2v) is 12.9. The van der Waals surface area contributed by atoms with Gasteiger partial charge in [-0.2, -0.15) is 0 Å². The lowest BCUT2D eigenvalue weighted by atomic mass is 9.45. The third-order valence-corrected chi connectivity index (χ3v) is 10.3. The van der Waals surface area contributed by atoms with Crippen LogP contribution in [0.5, 0.6) is 0 Å². The van der Waals surface area contributed by atoms with Gasteiger partial charge in [-0.1, -0.05) is 39.3 Å². The third kappa shape index (κ3) is 5.13. The number of carbonyl (C=O) groups is 1. The van der Waals surface area contributed by atoms with Crippen LogP contribution < -0.4 is 0 Å². The first kappa shape index (κ1) is 28.9. The summed E-state index contributed by atoms with van der Waals surface area (Å²) in [7, 11) is 0. The van der Waals surface area contributed by atoms with Gasteiger partial charge in [-0.15, -0.1) is 0 Å². The number of hydrogen-bond donors (Lipinski definition) is 5.